The minimum absolute atomic E-state index is 0.131. The van der Waals surface area contributed by atoms with Crippen molar-refractivity contribution in [3.63, 3.8) is 0 Å². The van der Waals surface area contributed by atoms with Gasteiger partial charge < -0.3 is 10.2 Å². The maximum absolute atomic E-state index is 13.7. The third kappa shape index (κ3) is 2.37. The van der Waals surface area contributed by atoms with E-state index in [1.54, 1.807) is 17.0 Å². The van der Waals surface area contributed by atoms with Crippen LogP contribution in [0.2, 0.25) is 0 Å². The van der Waals surface area contributed by atoms with Crippen molar-refractivity contribution in [1.82, 2.24) is 4.90 Å². The van der Waals surface area contributed by atoms with Crippen molar-refractivity contribution in [2.45, 2.75) is 6.54 Å². The fraction of sp³-hybridized carbons (Fsp3) is 0.188. The van der Waals surface area contributed by atoms with Gasteiger partial charge in [0.15, 0.2) is 0 Å². The molecule has 0 bridgehead atoms. The Morgan fingerprint density at radius 3 is 2.70 bits per heavy atom. The SMILES string of the molecule is O=C(c1ccccc1F)N1CCNc2ccccc2C1. The molecule has 0 radical (unpaired) electrons. The number of carbonyl (C=O) groups is 1. The third-order valence-electron chi connectivity index (χ3n) is 3.47. The normalized spacial score (nSPS) is 14.2. The van der Waals surface area contributed by atoms with Gasteiger partial charge in [0.25, 0.3) is 5.91 Å². The van der Waals surface area contributed by atoms with Crippen LogP contribution < -0.4 is 5.32 Å². The van der Waals surface area contributed by atoms with E-state index >= 15 is 0 Å². The minimum Gasteiger partial charge on any atom is -0.383 e. The first-order chi connectivity index (χ1) is 9.75. The van der Waals surface area contributed by atoms with E-state index in [4.69, 9.17) is 0 Å². The molecular formula is C16H15FN2O. The highest BCUT2D eigenvalue weighted by atomic mass is 19.1. The zero-order valence-corrected chi connectivity index (χ0v) is 11.0. The largest absolute Gasteiger partial charge is 0.383 e. The molecule has 102 valence electrons. The Balaban J connectivity index is 1.88. The van der Waals surface area contributed by atoms with Crippen molar-refractivity contribution in [3.05, 3.63) is 65.5 Å². The lowest BCUT2D eigenvalue weighted by Crippen LogP contribution is -2.33. The topological polar surface area (TPSA) is 32.3 Å². The fourth-order valence-corrected chi connectivity index (χ4v) is 2.42. The number of hydrogen-bond donors (Lipinski definition) is 1. The molecule has 0 saturated carbocycles. The van der Waals surface area contributed by atoms with Crippen LogP contribution in [0, 0.1) is 5.82 Å². The van der Waals surface area contributed by atoms with Gasteiger partial charge in [0.2, 0.25) is 0 Å². The maximum atomic E-state index is 13.7. The van der Waals surface area contributed by atoms with Crippen LogP contribution in [0.4, 0.5) is 10.1 Å². The number of rotatable bonds is 1. The summed E-state index contributed by atoms with van der Waals surface area (Å²) in [5, 5.41) is 3.29. The highest BCUT2D eigenvalue weighted by molar-refractivity contribution is 5.94. The van der Waals surface area contributed by atoms with Gasteiger partial charge in [0.1, 0.15) is 5.82 Å². The molecule has 3 nitrogen and oxygen atoms in total. The van der Waals surface area contributed by atoms with Gasteiger partial charge >= 0.3 is 0 Å². The number of anilines is 1. The van der Waals surface area contributed by atoms with E-state index in [0.717, 1.165) is 11.3 Å². The van der Waals surface area contributed by atoms with Crippen LogP contribution in [-0.4, -0.2) is 23.9 Å². The van der Waals surface area contributed by atoms with Gasteiger partial charge in [-0.25, -0.2) is 4.39 Å². The summed E-state index contributed by atoms with van der Waals surface area (Å²) in [6.45, 7) is 1.72. The van der Waals surface area contributed by atoms with Crippen LogP contribution in [0.15, 0.2) is 48.5 Å². The first-order valence-corrected chi connectivity index (χ1v) is 6.61. The predicted molar refractivity (Wildman–Crippen MR) is 76.1 cm³/mol. The van der Waals surface area contributed by atoms with Crippen molar-refractivity contribution < 1.29 is 9.18 Å². The summed E-state index contributed by atoms with van der Waals surface area (Å²) in [6, 6.07) is 14.0. The van der Waals surface area contributed by atoms with Crippen LogP contribution >= 0.6 is 0 Å². The average molecular weight is 270 g/mol. The predicted octanol–water partition coefficient (Wildman–Crippen LogP) is 2.89. The second-order valence-corrected chi connectivity index (χ2v) is 4.79. The van der Waals surface area contributed by atoms with E-state index in [0.29, 0.717) is 19.6 Å². The van der Waals surface area contributed by atoms with Crippen LogP contribution in [0.25, 0.3) is 0 Å². The summed E-state index contributed by atoms with van der Waals surface area (Å²) >= 11 is 0. The first kappa shape index (κ1) is 12.7. The van der Waals surface area contributed by atoms with E-state index in [1.165, 1.54) is 12.1 Å². The molecule has 0 unspecified atom stereocenters. The van der Waals surface area contributed by atoms with Crippen LogP contribution in [0.3, 0.4) is 0 Å². The fourth-order valence-electron chi connectivity index (χ4n) is 2.42. The summed E-state index contributed by atoms with van der Waals surface area (Å²) in [5.41, 5.74) is 2.22. The minimum atomic E-state index is -0.469. The average Bonchev–Trinajstić information content (AvgIpc) is 2.69. The van der Waals surface area contributed by atoms with E-state index in [2.05, 4.69) is 5.32 Å². The first-order valence-electron chi connectivity index (χ1n) is 6.61. The van der Waals surface area contributed by atoms with Gasteiger partial charge in [-0.1, -0.05) is 30.3 Å². The summed E-state index contributed by atoms with van der Waals surface area (Å²) in [7, 11) is 0. The lowest BCUT2D eigenvalue weighted by Gasteiger charge is -2.20. The number of nitrogens with zero attached hydrogens (tertiary/aromatic N) is 1. The van der Waals surface area contributed by atoms with E-state index < -0.39 is 5.82 Å². The molecule has 0 aliphatic carbocycles. The summed E-state index contributed by atoms with van der Waals surface area (Å²) < 4.78 is 13.7. The van der Waals surface area contributed by atoms with Crippen molar-refractivity contribution in [2.24, 2.45) is 0 Å². The molecule has 0 aromatic heterocycles. The quantitative estimate of drug-likeness (QED) is 0.864. The number of fused-ring (bicyclic) bond motifs is 1. The van der Waals surface area contributed by atoms with Crippen LogP contribution in [0.5, 0.6) is 0 Å². The molecule has 1 aliphatic rings. The number of para-hydroxylation sites is 1. The molecule has 20 heavy (non-hydrogen) atoms. The number of nitrogens with one attached hydrogen (secondary N) is 1. The van der Waals surface area contributed by atoms with Gasteiger partial charge in [-0.3, -0.25) is 4.79 Å². The van der Waals surface area contributed by atoms with E-state index in [-0.39, 0.29) is 11.5 Å². The molecule has 2 aromatic rings. The van der Waals surface area contributed by atoms with E-state index in [9.17, 15) is 9.18 Å². The second kappa shape index (κ2) is 5.33. The van der Waals surface area contributed by atoms with Crippen molar-refractivity contribution in [3.8, 4) is 0 Å². The van der Waals surface area contributed by atoms with Crippen molar-refractivity contribution in [1.29, 1.82) is 0 Å². The third-order valence-corrected chi connectivity index (χ3v) is 3.47. The van der Waals surface area contributed by atoms with E-state index in [1.807, 2.05) is 24.3 Å². The van der Waals surface area contributed by atoms with Gasteiger partial charge in [-0.2, -0.15) is 0 Å². The van der Waals surface area contributed by atoms with Gasteiger partial charge in [0, 0.05) is 25.3 Å². The molecule has 3 rings (SSSR count). The number of carbonyl (C=O) groups excluding carboxylic acids is 1. The van der Waals surface area contributed by atoms with Crippen molar-refractivity contribution >= 4 is 11.6 Å². The summed E-state index contributed by atoms with van der Waals surface area (Å²) in [5.74, 6) is -0.732. The number of benzene rings is 2. The number of hydrogen-bond acceptors (Lipinski definition) is 2. The Hall–Kier alpha value is -2.36. The Morgan fingerprint density at radius 1 is 1.10 bits per heavy atom. The van der Waals surface area contributed by atoms with Gasteiger partial charge in [-0.05, 0) is 23.8 Å². The zero-order chi connectivity index (χ0) is 13.9. The summed E-state index contributed by atoms with van der Waals surface area (Å²) in [6.07, 6.45) is 0. The van der Waals surface area contributed by atoms with Gasteiger partial charge in [0.05, 0.1) is 5.56 Å². The molecule has 4 heteroatoms. The highest BCUT2D eigenvalue weighted by Gasteiger charge is 2.21. The Kier molecular flexibility index (Phi) is 3.37. The Bertz CT molecular complexity index is 642. The molecule has 1 amide bonds. The number of amides is 1. The second-order valence-electron chi connectivity index (χ2n) is 4.79. The van der Waals surface area contributed by atoms with Crippen molar-refractivity contribution in [2.75, 3.05) is 18.4 Å². The van der Waals surface area contributed by atoms with Crippen LogP contribution in [-0.2, 0) is 6.54 Å². The molecule has 2 aromatic carbocycles. The molecule has 1 heterocycles. The number of halogens is 1. The molecule has 0 saturated heterocycles. The smallest absolute Gasteiger partial charge is 0.257 e. The van der Waals surface area contributed by atoms with Gasteiger partial charge in [-0.15, -0.1) is 0 Å². The monoisotopic (exact) mass is 270 g/mol. The Labute approximate surface area is 117 Å². The zero-order valence-electron chi connectivity index (χ0n) is 11.0. The standard InChI is InChI=1S/C16H15FN2O/c17-14-7-3-2-6-13(14)16(20)19-10-9-18-15-8-4-1-5-12(15)11-19/h1-8,18H,9-11H2. The molecule has 1 aliphatic heterocycles. The molecular weight excluding hydrogens is 255 g/mol. The van der Waals surface area contributed by atoms with Crippen LogP contribution in [0.1, 0.15) is 15.9 Å². The lowest BCUT2D eigenvalue weighted by atomic mass is 10.1. The summed E-state index contributed by atoms with van der Waals surface area (Å²) in [4.78, 5) is 14.1. The molecule has 1 N–H and O–H groups in total. The highest BCUT2D eigenvalue weighted by Crippen LogP contribution is 2.21. The Morgan fingerprint density at radius 2 is 1.85 bits per heavy atom. The molecule has 0 spiro atoms. The molecule has 0 atom stereocenters. The lowest BCUT2D eigenvalue weighted by molar-refractivity contribution is 0.0748. The molecule has 0 fully saturated rings. The maximum Gasteiger partial charge on any atom is 0.257 e.